The fraction of sp³-hybridized carbons (Fsp3) is 0.417. The summed E-state index contributed by atoms with van der Waals surface area (Å²) < 4.78 is 10.8. The van der Waals surface area contributed by atoms with Crippen molar-refractivity contribution in [3.63, 3.8) is 0 Å². The van der Waals surface area contributed by atoms with E-state index in [2.05, 4.69) is 5.32 Å². The van der Waals surface area contributed by atoms with Gasteiger partial charge in [-0.15, -0.1) is 0 Å². The summed E-state index contributed by atoms with van der Waals surface area (Å²) in [5.74, 6) is 0.693. The van der Waals surface area contributed by atoms with Crippen LogP contribution in [0.2, 0.25) is 10.0 Å². The van der Waals surface area contributed by atoms with Gasteiger partial charge in [-0.2, -0.15) is 0 Å². The van der Waals surface area contributed by atoms with Crippen molar-refractivity contribution >= 4 is 35.0 Å². The fourth-order valence-corrected chi connectivity index (χ4v) is 3.56. The van der Waals surface area contributed by atoms with Gasteiger partial charge in [0.1, 0.15) is 17.5 Å². The Labute approximate surface area is 199 Å². The van der Waals surface area contributed by atoms with Crippen molar-refractivity contribution in [3.8, 4) is 11.5 Å². The number of hydrogen-bond donors (Lipinski definition) is 1. The largest absolute Gasteiger partial charge is 0.497 e. The molecule has 0 bridgehead atoms. The Morgan fingerprint density at radius 2 is 1.69 bits per heavy atom. The summed E-state index contributed by atoms with van der Waals surface area (Å²) in [4.78, 5) is 27.7. The van der Waals surface area contributed by atoms with Crippen LogP contribution in [-0.2, 0) is 16.1 Å². The van der Waals surface area contributed by atoms with E-state index in [-0.39, 0.29) is 31.0 Å². The predicted octanol–water partition coefficient (Wildman–Crippen LogP) is 5.10. The monoisotopic (exact) mass is 480 g/mol. The fourth-order valence-electron chi connectivity index (χ4n) is 3.09. The first-order chi connectivity index (χ1) is 15.3. The molecule has 0 aromatic heterocycles. The number of methoxy groups -OCH3 is 1. The quantitative estimate of drug-likeness (QED) is 0.485. The summed E-state index contributed by atoms with van der Waals surface area (Å²) >= 11 is 12.4. The van der Waals surface area contributed by atoms with Gasteiger partial charge >= 0.3 is 0 Å². The van der Waals surface area contributed by atoms with E-state index in [9.17, 15) is 9.59 Å². The van der Waals surface area contributed by atoms with E-state index in [1.807, 2.05) is 20.8 Å². The molecule has 6 nitrogen and oxygen atoms in total. The van der Waals surface area contributed by atoms with Crippen LogP contribution in [0.25, 0.3) is 0 Å². The number of carbonyl (C=O) groups excluding carboxylic acids is 2. The summed E-state index contributed by atoms with van der Waals surface area (Å²) in [7, 11) is 1.58. The van der Waals surface area contributed by atoms with E-state index in [4.69, 9.17) is 32.7 Å². The van der Waals surface area contributed by atoms with Gasteiger partial charge in [-0.25, -0.2) is 0 Å². The van der Waals surface area contributed by atoms with Crippen molar-refractivity contribution in [1.82, 2.24) is 10.2 Å². The van der Waals surface area contributed by atoms with Crippen LogP contribution in [-0.4, -0.2) is 42.5 Å². The van der Waals surface area contributed by atoms with Crippen LogP contribution in [0, 0.1) is 0 Å². The number of carbonyl (C=O) groups is 2. The van der Waals surface area contributed by atoms with Gasteiger partial charge in [0, 0.05) is 22.6 Å². The molecule has 32 heavy (non-hydrogen) atoms. The normalized spacial score (nSPS) is 12.6. The first-order valence-electron chi connectivity index (χ1n) is 10.6. The Morgan fingerprint density at radius 1 is 1.03 bits per heavy atom. The van der Waals surface area contributed by atoms with Gasteiger partial charge < -0.3 is 19.7 Å². The van der Waals surface area contributed by atoms with Crippen LogP contribution in [0.15, 0.2) is 42.5 Å². The Bertz CT molecular complexity index is 905. The predicted molar refractivity (Wildman–Crippen MR) is 127 cm³/mol. The Balaban J connectivity index is 2.23. The number of ether oxygens (including phenoxy) is 2. The van der Waals surface area contributed by atoms with E-state index in [1.165, 1.54) is 4.90 Å². The van der Waals surface area contributed by atoms with Crippen LogP contribution in [0.4, 0.5) is 0 Å². The highest BCUT2D eigenvalue weighted by atomic mass is 35.5. The SMILES string of the molecule is CC[C@@H](C)NC(=O)[C@H](CC)N(Cc1ccc(Cl)cc1Cl)C(=O)COc1ccc(OC)cc1. The molecule has 2 amide bonds. The molecule has 2 aromatic carbocycles. The topological polar surface area (TPSA) is 67.9 Å². The molecule has 0 aliphatic rings. The molecule has 8 heteroatoms. The average molecular weight is 481 g/mol. The summed E-state index contributed by atoms with van der Waals surface area (Å²) in [5, 5.41) is 3.91. The lowest BCUT2D eigenvalue weighted by Gasteiger charge is -2.31. The van der Waals surface area contributed by atoms with E-state index < -0.39 is 6.04 Å². The van der Waals surface area contributed by atoms with E-state index >= 15 is 0 Å². The second-order valence-corrected chi connectivity index (χ2v) is 8.31. The smallest absolute Gasteiger partial charge is 0.261 e. The van der Waals surface area contributed by atoms with Gasteiger partial charge in [-0.1, -0.05) is 43.1 Å². The lowest BCUT2D eigenvalue weighted by atomic mass is 10.1. The minimum Gasteiger partial charge on any atom is -0.497 e. The number of rotatable bonds is 11. The van der Waals surface area contributed by atoms with Crippen molar-refractivity contribution in [3.05, 3.63) is 58.1 Å². The van der Waals surface area contributed by atoms with Gasteiger partial charge in [0.05, 0.1) is 7.11 Å². The molecule has 0 heterocycles. The maximum absolute atomic E-state index is 13.2. The number of nitrogens with one attached hydrogen (secondary N) is 1. The van der Waals surface area contributed by atoms with Crippen LogP contribution >= 0.6 is 23.2 Å². The lowest BCUT2D eigenvalue weighted by Crippen LogP contribution is -2.51. The second-order valence-electron chi connectivity index (χ2n) is 7.46. The number of hydrogen-bond acceptors (Lipinski definition) is 4. The van der Waals surface area contributed by atoms with Gasteiger partial charge in [-0.05, 0) is 61.7 Å². The molecule has 0 saturated carbocycles. The Hall–Kier alpha value is -2.44. The van der Waals surface area contributed by atoms with Crippen molar-refractivity contribution in [2.45, 2.75) is 52.2 Å². The van der Waals surface area contributed by atoms with E-state index in [0.29, 0.717) is 33.5 Å². The van der Waals surface area contributed by atoms with Crippen molar-refractivity contribution < 1.29 is 19.1 Å². The molecule has 0 aliphatic heterocycles. The second kappa shape index (κ2) is 12.6. The van der Waals surface area contributed by atoms with Crippen LogP contribution in [0.1, 0.15) is 39.2 Å². The summed E-state index contributed by atoms with van der Waals surface area (Å²) in [5.41, 5.74) is 0.698. The van der Waals surface area contributed by atoms with Gasteiger partial charge in [0.25, 0.3) is 5.91 Å². The Kier molecular flexibility index (Phi) is 10.1. The van der Waals surface area contributed by atoms with Crippen molar-refractivity contribution in [2.75, 3.05) is 13.7 Å². The van der Waals surface area contributed by atoms with Crippen LogP contribution in [0.5, 0.6) is 11.5 Å². The molecule has 0 spiro atoms. The summed E-state index contributed by atoms with van der Waals surface area (Å²) in [6.45, 7) is 5.73. The molecular weight excluding hydrogens is 451 g/mol. The third kappa shape index (κ3) is 7.31. The standard InChI is InChI=1S/C24H30Cl2N2O4/c1-5-16(3)27-24(30)22(6-2)28(14-17-7-8-18(25)13-21(17)26)23(29)15-32-20-11-9-19(31-4)10-12-20/h7-13,16,22H,5-6,14-15H2,1-4H3,(H,27,30)/t16-,22+/m1/s1. The first-order valence-corrected chi connectivity index (χ1v) is 11.3. The van der Waals surface area contributed by atoms with Crippen LogP contribution < -0.4 is 14.8 Å². The van der Waals surface area contributed by atoms with E-state index in [0.717, 1.165) is 6.42 Å². The maximum atomic E-state index is 13.2. The Morgan fingerprint density at radius 3 is 2.25 bits per heavy atom. The molecule has 0 fully saturated rings. The summed E-state index contributed by atoms with van der Waals surface area (Å²) in [6, 6.07) is 11.4. The van der Waals surface area contributed by atoms with Gasteiger partial charge in [0.15, 0.2) is 6.61 Å². The molecule has 2 atom stereocenters. The number of benzene rings is 2. The molecular formula is C24H30Cl2N2O4. The molecule has 2 aromatic rings. The summed E-state index contributed by atoms with van der Waals surface area (Å²) in [6.07, 6.45) is 1.24. The first kappa shape index (κ1) is 25.8. The third-order valence-corrected chi connectivity index (χ3v) is 5.75. The molecule has 174 valence electrons. The molecule has 0 unspecified atom stereocenters. The molecule has 1 N–H and O–H groups in total. The number of amides is 2. The lowest BCUT2D eigenvalue weighted by molar-refractivity contribution is -0.143. The minimum atomic E-state index is -0.664. The zero-order chi connectivity index (χ0) is 23.7. The van der Waals surface area contributed by atoms with Crippen molar-refractivity contribution in [1.29, 1.82) is 0 Å². The third-order valence-electron chi connectivity index (χ3n) is 5.16. The van der Waals surface area contributed by atoms with Gasteiger partial charge in [-0.3, -0.25) is 9.59 Å². The molecule has 0 saturated heterocycles. The van der Waals surface area contributed by atoms with Crippen LogP contribution in [0.3, 0.4) is 0 Å². The number of halogens is 2. The highest BCUT2D eigenvalue weighted by molar-refractivity contribution is 6.35. The molecule has 0 radical (unpaired) electrons. The van der Waals surface area contributed by atoms with Gasteiger partial charge in [0.2, 0.25) is 5.91 Å². The highest BCUT2D eigenvalue weighted by Crippen LogP contribution is 2.24. The molecule has 2 rings (SSSR count). The average Bonchev–Trinajstić information content (AvgIpc) is 2.78. The highest BCUT2D eigenvalue weighted by Gasteiger charge is 2.30. The zero-order valence-electron chi connectivity index (χ0n) is 18.9. The zero-order valence-corrected chi connectivity index (χ0v) is 20.4. The number of nitrogens with zero attached hydrogens (tertiary/aromatic N) is 1. The maximum Gasteiger partial charge on any atom is 0.261 e. The molecule has 0 aliphatic carbocycles. The van der Waals surface area contributed by atoms with Crippen molar-refractivity contribution in [2.24, 2.45) is 0 Å². The minimum absolute atomic E-state index is 0.00294. The van der Waals surface area contributed by atoms with E-state index in [1.54, 1.807) is 49.6 Å².